The van der Waals surface area contributed by atoms with Gasteiger partial charge in [0.25, 0.3) is 5.56 Å². The van der Waals surface area contributed by atoms with Crippen molar-refractivity contribution in [2.24, 2.45) is 11.8 Å². The Balaban J connectivity index is 1.43. The number of para-hydroxylation sites is 1. The van der Waals surface area contributed by atoms with Gasteiger partial charge in [0.2, 0.25) is 5.91 Å². The third kappa shape index (κ3) is 5.19. The summed E-state index contributed by atoms with van der Waals surface area (Å²) in [7, 11) is 0. The van der Waals surface area contributed by atoms with Crippen LogP contribution in [-0.4, -0.2) is 46.5 Å². The van der Waals surface area contributed by atoms with Gasteiger partial charge in [0.15, 0.2) is 0 Å². The van der Waals surface area contributed by atoms with Crippen LogP contribution in [0.15, 0.2) is 29.3 Å². The minimum Gasteiger partial charge on any atom is -0.355 e. The minimum absolute atomic E-state index is 0.0108. The summed E-state index contributed by atoms with van der Waals surface area (Å²) in [6.07, 6.45) is 4.83. The lowest BCUT2D eigenvalue weighted by molar-refractivity contribution is -0.121. The lowest BCUT2D eigenvalue weighted by Gasteiger charge is -2.34. The van der Waals surface area contributed by atoms with E-state index in [-0.39, 0.29) is 18.0 Å². The predicted molar refractivity (Wildman–Crippen MR) is 112 cm³/mol. The molecule has 0 spiro atoms. The Hall–Kier alpha value is -2.21. The van der Waals surface area contributed by atoms with Gasteiger partial charge in [-0.2, -0.15) is 0 Å². The second kappa shape index (κ2) is 9.32. The minimum atomic E-state index is -0.169. The zero-order valence-electron chi connectivity index (χ0n) is 17.3. The van der Waals surface area contributed by atoms with Gasteiger partial charge in [0.05, 0.1) is 17.2 Å². The van der Waals surface area contributed by atoms with E-state index >= 15 is 0 Å². The normalized spacial score (nSPS) is 20.4. The first-order valence-corrected chi connectivity index (χ1v) is 10.4. The number of benzene rings is 1. The number of carbonyl (C=O) groups is 1. The van der Waals surface area contributed by atoms with Gasteiger partial charge in [-0.05, 0) is 56.2 Å². The molecule has 2 atom stereocenters. The monoisotopic (exact) mass is 384 g/mol. The number of hydrogen-bond donors (Lipinski definition) is 1. The number of aryl methyl sites for hydroxylation is 1. The first-order valence-electron chi connectivity index (χ1n) is 10.4. The lowest BCUT2D eigenvalue weighted by atomic mass is 9.92. The number of piperidine rings is 1. The average molecular weight is 385 g/mol. The molecular formula is C22H32N4O2. The molecule has 2 heterocycles. The van der Waals surface area contributed by atoms with Gasteiger partial charge in [-0.3, -0.25) is 14.2 Å². The molecule has 28 heavy (non-hydrogen) atoms. The molecule has 0 unspecified atom stereocenters. The zero-order valence-corrected chi connectivity index (χ0v) is 17.3. The molecule has 6 nitrogen and oxygen atoms in total. The predicted octanol–water partition coefficient (Wildman–Crippen LogP) is 2.58. The summed E-state index contributed by atoms with van der Waals surface area (Å²) in [6, 6.07) is 5.53. The van der Waals surface area contributed by atoms with Crippen LogP contribution in [0.5, 0.6) is 0 Å². The van der Waals surface area contributed by atoms with Crippen LogP contribution in [0.3, 0.4) is 0 Å². The van der Waals surface area contributed by atoms with Gasteiger partial charge in [0, 0.05) is 19.6 Å². The van der Waals surface area contributed by atoms with Gasteiger partial charge >= 0.3 is 0 Å². The number of aromatic nitrogens is 2. The summed E-state index contributed by atoms with van der Waals surface area (Å²) < 4.78 is 1.38. The number of unbranched alkanes of at least 4 members (excludes halogenated alkanes) is 1. The molecule has 1 aliphatic rings. The number of nitrogens with zero attached hydrogens (tertiary/aromatic N) is 3. The summed E-state index contributed by atoms with van der Waals surface area (Å²) in [5, 5.41) is 3.48. The third-order valence-electron chi connectivity index (χ3n) is 5.54. The van der Waals surface area contributed by atoms with Crippen LogP contribution in [0.2, 0.25) is 0 Å². The Bertz CT molecular complexity index is 866. The molecule has 1 amide bonds. The highest BCUT2D eigenvalue weighted by atomic mass is 16.2. The quantitative estimate of drug-likeness (QED) is 0.745. The molecule has 1 fully saturated rings. The van der Waals surface area contributed by atoms with Crippen LogP contribution in [0.4, 0.5) is 0 Å². The van der Waals surface area contributed by atoms with E-state index < -0.39 is 0 Å². The van der Waals surface area contributed by atoms with Crippen molar-refractivity contribution in [2.45, 2.75) is 46.6 Å². The van der Waals surface area contributed by atoms with Crippen LogP contribution in [0, 0.1) is 18.8 Å². The van der Waals surface area contributed by atoms with Crippen molar-refractivity contribution in [1.82, 2.24) is 19.8 Å². The first kappa shape index (κ1) is 20.5. The van der Waals surface area contributed by atoms with Crippen molar-refractivity contribution in [1.29, 1.82) is 0 Å². The summed E-state index contributed by atoms with van der Waals surface area (Å²) in [5.41, 5.74) is 1.49. The molecule has 1 aromatic heterocycles. The Morgan fingerprint density at radius 1 is 1.21 bits per heavy atom. The molecular weight excluding hydrogens is 352 g/mol. The maximum Gasteiger partial charge on any atom is 0.261 e. The Kier molecular flexibility index (Phi) is 6.83. The van der Waals surface area contributed by atoms with Crippen molar-refractivity contribution < 1.29 is 4.79 Å². The van der Waals surface area contributed by atoms with Crippen LogP contribution in [0.25, 0.3) is 10.9 Å². The lowest BCUT2D eigenvalue weighted by Crippen LogP contribution is -2.39. The van der Waals surface area contributed by atoms with E-state index in [2.05, 4.69) is 29.0 Å². The third-order valence-corrected chi connectivity index (χ3v) is 5.54. The highest BCUT2D eigenvalue weighted by Crippen LogP contribution is 2.20. The standard InChI is InChI=1S/C22H32N4O2/c1-16-11-17(2)13-25(12-16)10-5-4-9-23-20(27)14-26-15-24-21-18(3)7-6-8-19(21)22(26)28/h6-8,15-17H,4-5,9-14H2,1-3H3,(H,23,27)/t16-,17-/m0/s1. The van der Waals surface area contributed by atoms with E-state index in [1.165, 1.54) is 30.4 Å². The number of nitrogens with one attached hydrogen (secondary N) is 1. The zero-order chi connectivity index (χ0) is 20.1. The summed E-state index contributed by atoms with van der Waals surface area (Å²) in [4.78, 5) is 31.7. The number of hydrogen-bond acceptors (Lipinski definition) is 4. The smallest absolute Gasteiger partial charge is 0.261 e. The molecule has 6 heteroatoms. The molecule has 3 rings (SSSR count). The molecule has 1 aliphatic heterocycles. The van der Waals surface area contributed by atoms with Gasteiger partial charge in [0.1, 0.15) is 6.54 Å². The van der Waals surface area contributed by atoms with Crippen molar-refractivity contribution in [2.75, 3.05) is 26.2 Å². The fraction of sp³-hybridized carbons (Fsp3) is 0.591. The average Bonchev–Trinajstić information content (AvgIpc) is 2.63. The number of rotatable bonds is 7. The highest BCUT2D eigenvalue weighted by Gasteiger charge is 2.20. The molecule has 1 saturated heterocycles. The maximum atomic E-state index is 12.6. The summed E-state index contributed by atoms with van der Waals surface area (Å²) in [5.74, 6) is 1.42. The highest BCUT2D eigenvalue weighted by molar-refractivity contribution is 5.81. The first-order chi connectivity index (χ1) is 13.4. The summed E-state index contributed by atoms with van der Waals surface area (Å²) in [6.45, 7) is 10.7. The Morgan fingerprint density at radius 3 is 2.71 bits per heavy atom. The van der Waals surface area contributed by atoms with Crippen LogP contribution in [-0.2, 0) is 11.3 Å². The fourth-order valence-electron chi connectivity index (χ4n) is 4.32. The van der Waals surface area contributed by atoms with E-state index in [0.29, 0.717) is 17.4 Å². The number of fused-ring (bicyclic) bond motifs is 1. The fourth-order valence-corrected chi connectivity index (χ4v) is 4.32. The van der Waals surface area contributed by atoms with Crippen molar-refractivity contribution >= 4 is 16.8 Å². The van der Waals surface area contributed by atoms with Crippen molar-refractivity contribution in [3.63, 3.8) is 0 Å². The second-order valence-corrected chi connectivity index (χ2v) is 8.41. The molecule has 152 valence electrons. The van der Waals surface area contributed by atoms with Crippen molar-refractivity contribution in [3.05, 3.63) is 40.4 Å². The Morgan fingerprint density at radius 2 is 1.96 bits per heavy atom. The molecule has 0 saturated carbocycles. The van der Waals surface area contributed by atoms with Crippen LogP contribution >= 0.6 is 0 Å². The van der Waals surface area contributed by atoms with Crippen LogP contribution < -0.4 is 10.9 Å². The number of likely N-dealkylation sites (tertiary alicyclic amines) is 1. The van der Waals surface area contributed by atoms with Gasteiger partial charge in [-0.1, -0.05) is 26.0 Å². The Labute approximate surface area is 166 Å². The topological polar surface area (TPSA) is 67.2 Å². The van der Waals surface area contributed by atoms with Crippen molar-refractivity contribution in [3.8, 4) is 0 Å². The van der Waals surface area contributed by atoms with E-state index in [4.69, 9.17) is 0 Å². The van der Waals surface area contributed by atoms with Gasteiger partial charge in [-0.25, -0.2) is 4.98 Å². The summed E-state index contributed by atoms with van der Waals surface area (Å²) >= 11 is 0. The SMILES string of the molecule is Cc1cccc2c(=O)n(CC(=O)NCCCCN3C[C@@H](C)C[C@H](C)C3)cnc12. The van der Waals surface area contributed by atoms with E-state index in [0.717, 1.165) is 36.8 Å². The second-order valence-electron chi connectivity index (χ2n) is 8.41. The maximum absolute atomic E-state index is 12.6. The number of amides is 1. The molecule has 2 aromatic rings. The molecule has 1 N–H and O–H groups in total. The molecule has 1 aromatic carbocycles. The molecule has 0 radical (unpaired) electrons. The largest absolute Gasteiger partial charge is 0.355 e. The van der Waals surface area contributed by atoms with E-state index in [1.807, 2.05) is 19.1 Å². The van der Waals surface area contributed by atoms with Crippen LogP contribution in [0.1, 0.15) is 38.7 Å². The molecule has 0 aliphatic carbocycles. The van der Waals surface area contributed by atoms with Gasteiger partial charge < -0.3 is 10.2 Å². The van der Waals surface area contributed by atoms with Gasteiger partial charge in [-0.15, -0.1) is 0 Å². The molecule has 0 bridgehead atoms. The van der Waals surface area contributed by atoms with E-state index in [1.54, 1.807) is 6.07 Å². The van der Waals surface area contributed by atoms with E-state index in [9.17, 15) is 9.59 Å². The number of carbonyl (C=O) groups excluding carboxylic acids is 1.